The Bertz CT molecular complexity index is 2140. The predicted molar refractivity (Wildman–Crippen MR) is 213 cm³/mol. The molecule has 5 rings (SSSR count). The zero-order valence-corrected chi connectivity index (χ0v) is 35.3. The maximum Gasteiger partial charge on any atom is 0.248 e. The highest BCUT2D eigenvalue weighted by atomic mass is 32.2. The summed E-state index contributed by atoms with van der Waals surface area (Å²) in [4.78, 5) is 30.1. The molecule has 55 heavy (non-hydrogen) atoms. The third-order valence-corrected chi connectivity index (χ3v) is 15.1. The summed E-state index contributed by atoms with van der Waals surface area (Å²) in [5, 5.41) is 11.6. The molecule has 2 heterocycles. The summed E-state index contributed by atoms with van der Waals surface area (Å²) in [6, 6.07) is 13.6. The van der Waals surface area contributed by atoms with Crippen molar-refractivity contribution in [2.45, 2.75) is 112 Å². The van der Waals surface area contributed by atoms with Crippen molar-refractivity contribution >= 4 is 53.8 Å². The van der Waals surface area contributed by atoms with E-state index in [0.29, 0.717) is 34.7 Å². The average molecular weight is 817 g/mol. The second-order valence-corrected chi connectivity index (χ2v) is 21.5. The lowest BCUT2D eigenvalue weighted by atomic mass is 9.87. The number of benzene rings is 2. The fourth-order valence-corrected chi connectivity index (χ4v) is 9.32. The van der Waals surface area contributed by atoms with E-state index in [1.165, 1.54) is 109 Å². The van der Waals surface area contributed by atoms with Crippen molar-refractivity contribution in [3.05, 3.63) is 71.4 Å². The van der Waals surface area contributed by atoms with Gasteiger partial charge in [-0.1, -0.05) is 45.2 Å². The number of methoxy groups -OCH3 is 2. The van der Waals surface area contributed by atoms with Crippen LogP contribution in [0.15, 0.2) is 74.3 Å². The van der Waals surface area contributed by atoms with Crippen LogP contribution in [0, 0.1) is 5.41 Å². The summed E-state index contributed by atoms with van der Waals surface area (Å²) in [6.07, 6.45) is 6.58. The lowest BCUT2D eigenvalue weighted by Gasteiger charge is -2.23. The zero-order chi connectivity index (χ0) is 40.8. The number of ether oxygens (including phenoxy) is 2. The molecular weight excluding hydrogens is 765 g/mol. The van der Waals surface area contributed by atoms with Gasteiger partial charge < -0.3 is 19.3 Å². The van der Waals surface area contributed by atoms with Gasteiger partial charge in [0.05, 0.1) is 35.4 Å². The van der Waals surface area contributed by atoms with Crippen LogP contribution >= 0.6 is 11.3 Å². The Labute approximate surface area is 328 Å². The number of nitrogens with zero attached hydrogens (tertiary/aromatic N) is 2. The summed E-state index contributed by atoms with van der Waals surface area (Å²) in [5.41, 5.74) is 1.69. The van der Waals surface area contributed by atoms with Crippen LogP contribution in [0.25, 0.3) is 0 Å². The third kappa shape index (κ3) is 10.3. The highest BCUT2D eigenvalue weighted by molar-refractivity contribution is 7.94. The van der Waals surface area contributed by atoms with Crippen molar-refractivity contribution in [3.8, 4) is 11.5 Å². The van der Waals surface area contributed by atoms with Crippen LogP contribution in [0.4, 0.5) is 11.0 Å². The molecule has 0 atom stereocenters. The number of sulfone groups is 2. The van der Waals surface area contributed by atoms with Crippen molar-refractivity contribution in [2.75, 3.05) is 24.9 Å². The SMILES string of the molecule is COc1ccc(S(=O)(=O)C(C)(C)C(=O)Nc2cc(CC(C)(C)C)no2)cc1.COc1ccc(S(=O)(=O)C(C)(C)C(=O)Nc2nc(C3CCCCC3)cs2)cc1. The van der Waals surface area contributed by atoms with Gasteiger partial charge in [0.2, 0.25) is 17.7 Å². The van der Waals surface area contributed by atoms with E-state index in [-0.39, 0.29) is 21.1 Å². The molecule has 2 aromatic heterocycles. The van der Waals surface area contributed by atoms with Gasteiger partial charge in [-0.05, 0) is 101 Å². The van der Waals surface area contributed by atoms with Crippen molar-refractivity contribution in [3.63, 3.8) is 0 Å². The maximum absolute atomic E-state index is 13.0. The molecule has 4 aromatic rings. The van der Waals surface area contributed by atoms with E-state index in [0.717, 1.165) is 18.5 Å². The normalized spacial score (nSPS) is 14.3. The molecule has 0 bridgehead atoms. The molecule has 2 amide bonds. The van der Waals surface area contributed by atoms with E-state index in [1.54, 1.807) is 18.2 Å². The van der Waals surface area contributed by atoms with Crippen LogP contribution in [0.2, 0.25) is 0 Å². The van der Waals surface area contributed by atoms with Crippen LogP contribution in [0.3, 0.4) is 0 Å². The predicted octanol–water partition coefficient (Wildman–Crippen LogP) is 7.85. The van der Waals surface area contributed by atoms with Gasteiger partial charge in [-0.25, -0.2) is 21.8 Å². The minimum atomic E-state index is -3.93. The van der Waals surface area contributed by atoms with Crippen molar-refractivity contribution in [2.24, 2.45) is 5.41 Å². The standard InChI is InChI=1S/C20H26N2O4S2.C19H26N2O5S/c1-20(2,28(24,25)16-11-9-15(26-3)10-12-16)18(23)22-19-21-17(13-27-19)14-7-5-4-6-8-14;1-18(2,3)12-13-11-16(26-21-13)20-17(22)19(4,5)27(23,24)15-9-7-14(25-6)8-10-15/h9-14H,4-8H2,1-3H3,(H,21,22,23);7-11H,12H2,1-6H3,(H,20,22). The summed E-state index contributed by atoms with van der Waals surface area (Å²) in [6.45, 7) is 11.7. The van der Waals surface area contributed by atoms with E-state index in [2.05, 4.69) is 41.5 Å². The van der Waals surface area contributed by atoms with Gasteiger partial charge in [0, 0.05) is 17.4 Å². The second-order valence-electron chi connectivity index (χ2n) is 15.6. The van der Waals surface area contributed by atoms with Crippen LogP contribution in [-0.4, -0.2) is 62.5 Å². The molecule has 1 saturated carbocycles. The van der Waals surface area contributed by atoms with Gasteiger partial charge in [0.15, 0.2) is 24.8 Å². The molecule has 13 nitrogen and oxygen atoms in total. The minimum absolute atomic E-state index is 0.00906. The van der Waals surface area contributed by atoms with Crippen molar-refractivity contribution < 1.29 is 40.4 Å². The first kappa shape index (κ1) is 43.4. The van der Waals surface area contributed by atoms with Gasteiger partial charge in [0.1, 0.15) is 21.0 Å². The van der Waals surface area contributed by atoms with Gasteiger partial charge in [-0.15, -0.1) is 11.3 Å². The molecule has 0 aliphatic heterocycles. The van der Waals surface area contributed by atoms with Crippen LogP contribution < -0.4 is 20.1 Å². The van der Waals surface area contributed by atoms with Crippen LogP contribution in [0.5, 0.6) is 11.5 Å². The number of carbonyl (C=O) groups is 2. The zero-order valence-electron chi connectivity index (χ0n) is 32.9. The molecule has 0 spiro atoms. The summed E-state index contributed by atoms with van der Waals surface area (Å²) < 4.78 is 63.8. The first-order valence-electron chi connectivity index (χ1n) is 17.9. The molecule has 1 aliphatic carbocycles. The highest BCUT2D eigenvalue weighted by Crippen LogP contribution is 2.35. The van der Waals surface area contributed by atoms with E-state index < -0.39 is 41.0 Å². The van der Waals surface area contributed by atoms with Gasteiger partial charge >= 0.3 is 0 Å². The molecule has 0 unspecified atom stereocenters. The summed E-state index contributed by atoms with van der Waals surface area (Å²) >= 11 is 1.34. The van der Waals surface area contributed by atoms with E-state index >= 15 is 0 Å². The summed E-state index contributed by atoms with van der Waals surface area (Å²) in [7, 11) is -4.82. The first-order valence-corrected chi connectivity index (χ1v) is 21.8. The molecule has 300 valence electrons. The van der Waals surface area contributed by atoms with Gasteiger partial charge in [0.25, 0.3) is 0 Å². The lowest BCUT2D eigenvalue weighted by Crippen LogP contribution is -2.44. The number of rotatable bonds is 12. The van der Waals surface area contributed by atoms with Crippen molar-refractivity contribution in [1.82, 2.24) is 10.1 Å². The molecule has 2 aromatic carbocycles. The fraction of sp³-hybridized carbons (Fsp3) is 0.487. The first-order chi connectivity index (χ1) is 25.6. The number of hydrogen-bond acceptors (Lipinski definition) is 12. The Morgan fingerprint density at radius 2 is 1.24 bits per heavy atom. The number of carbonyl (C=O) groups excluding carboxylic acids is 2. The molecule has 0 saturated heterocycles. The van der Waals surface area contributed by atoms with Crippen molar-refractivity contribution in [1.29, 1.82) is 0 Å². The Kier molecular flexibility index (Phi) is 13.6. The van der Waals surface area contributed by atoms with Crippen LogP contribution in [0.1, 0.15) is 97.9 Å². The second kappa shape index (κ2) is 17.2. The Hall–Kier alpha value is -4.28. The summed E-state index contributed by atoms with van der Waals surface area (Å²) in [5.74, 6) is 0.358. The Balaban J connectivity index is 0.000000245. The average Bonchev–Trinajstić information content (AvgIpc) is 3.80. The topological polar surface area (TPSA) is 184 Å². The van der Waals surface area contributed by atoms with Gasteiger partial charge in [-0.2, -0.15) is 0 Å². The molecule has 1 fully saturated rings. The highest BCUT2D eigenvalue weighted by Gasteiger charge is 2.44. The maximum atomic E-state index is 13.0. The number of anilines is 2. The van der Waals surface area contributed by atoms with E-state index in [1.807, 2.05) is 5.38 Å². The van der Waals surface area contributed by atoms with E-state index in [4.69, 9.17) is 14.0 Å². The third-order valence-electron chi connectivity index (χ3n) is 9.45. The Morgan fingerprint density at radius 3 is 1.69 bits per heavy atom. The number of thiazole rings is 1. The largest absolute Gasteiger partial charge is 0.497 e. The van der Waals surface area contributed by atoms with E-state index in [9.17, 15) is 26.4 Å². The monoisotopic (exact) mass is 816 g/mol. The molecule has 16 heteroatoms. The molecule has 0 radical (unpaired) electrons. The van der Waals surface area contributed by atoms with Crippen LogP contribution in [-0.2, 0) is 35.7 Å². The lowest BCUT2D eigenvalue weighted by molar-refractivity contribution is -0.118. The fourth-order valence-electron chi connectivity index (χ4n) is 5.78. The molecular formula is C39H52N4O9S3. The molecule has 2 N–H and O–H groups in total. The smallest absolute Gasteiger partial charge is 0.248 e. The minimum Gasteiger partial charge on any atom is -0.497 e. The number of aromatic nitrogens is 2. The molecule has 1 aliphatic rings. The quantitative estimate of drug-likeness (QED) is 0.142. The number of hydrogen-bond donors (Lipinski definition) is 2. The van der Waals surface area contributed by atoms with Gasteiger partial charge in [-0.3, -0.25) is 14.9 Å². The Morgan fingerprint density at radius 1 is 0.764 bits per heavy atom. The number of nitrogens with one attached hydrogen (secondary N) is 2. The number of amides is 2.